The molecule has 4 aliphatic rings. The number of aromatic nitrogens is 1. The van der Waals surface area contributed by atoms with Gasteiger partial charge in [0.1, 0.15) is 5.69 Å². The van der Waals surface area contributed by atoms with Gasteiger partial charge in [0, 0.05) is 45.3 Å². The third kappa shape index (κ3) is 5.06. The second-order valence-corrected chi connectivity index (χ2v) is 9.90. The summed E-state index contributed by atoms with van der Waals surface area (Å²) in [4.78, 5) is 24.2. The smallest absolute Gasteiger partial charge is 0.272 e. The molecule has 6 nitrogen and oxygen atoms in total. The van der Waals surface area contributed by atoms with Gasteiger partial charge in [0.05, 0.1) is 24.1 Å². The van der Waals surface area contributed by atoms with Crippen LogP contribution in [0.4, 0.5) is 5.69 Å². The predicted molar refractivity (Wildman–Crippen MR) is 123 cm³/mol. The van der Waals surface area contributed by atoms with E-state index in [0.29, 0.717) is 17.9 Å². The lowest BCUT2D eigenvalue weighted by molar-refractivity contribution is -0.0598. The fourth-order valence-electron chi connectivity index (χ4n) is 5.61. The summed E-state index contributed by atoms with van der Waals surface area (Å²) in [6, 6.07) is 4.85. The first-order chi connectivity index (χ1) is 15.3. The van der Waals surface area contributed by atoms with Crippen molar-refractivity contribution >= 4 is 11.6 Å². The highest BCUT2D eigenvalue weighted by Gasteiger charge is 2.31. The molecule has 1 aliphatic carbocycles. The molecule has 3 saturated heterocycles. The number of nitrogens with zero attached hydrogens (tertiary/aromatic N) is 4. The van der Waals surface area contributed by atoms with Crippen LogP contribution in [-0.2, 0) is 4.74 Å². The third-order valence-electron chi connectivity index (χ3n) is 7.87. The van der Waals surface area contributed by atoms with Gasteiger partial charge in [-0.2, -0.15) is 0 Å². The SMILES string of the molecule is O=C(c1ccc(N2CCC(OC3CCN(C4CCC4)CC3)CC2)cn1)N1CCCCC1. The summed E-state index contributed by atoms with van der Waals surface area (Å²) in [5.41, 5.74) is 1.71. The minimum Gasteiger partial charge on any atom is -0.375 e. The molecule has 1 aromatic heterocycles. The van der Waals surface area contributed by atoms with Crippen molar-refractivity contribution in [1.29, 1.82) is 0 Å². The summed E-state index contributed by atoms with van der Waals surface area (Å²) in [6.45, 7) is 6.20. The van der Waals surface area contributed by atoms with E-state index in [-0.39, 0.29) is 5.91 Å². The van der Waals surface area contributed by atoms with Crippen LogP contribution in [0.25, 0.3) is 0 Å². The van der Waals surface area contributed by atoms with Crippen molar-refractivity contribution in [3.8, 4) is 0 Å². The lowest BCUT2D eigenvalue weighted by atomic mass is 9.89. The average Bonchev–Trinajstić information content (AvgIpc) is 2.80. The Balaban J connectivity index is 1.06. The Morgan fingerprint density at radius 3 is 2.06 bits per heavy atom. The number of hydrogen-bond acceptors (Lipinski definition) is 5. The first-order valence-electron chi connectivity index (χ1n) is 12.7. The maximum Gasteiger partial charge on any atom is 0.272 e. The van der Waals surface area contributed by atoms with Gasteiger partial charge in [-0.15, -0.1) is 0 Å². The van der Waals surface area contributed by atoms with E-state index in [1.165, 1.54) is 51.6 Å². The standard InChI is InChI=1S/C25H38N4O2/c30-25(29-13-2-1-3-14-29)24-8-7-21(19-26-24)28-17-11-23(12-18-28)31-22-9-15-27(16-10-22)20-5-4-6-20/h7-8,19-20,22-23H,1-6,9-18H2. The quantitative estimate of drug-likeness (QED) is 0.718. The molecular formula is C25H38N4O2. The lowest BCUT2D eigenvalue weighted by Crippen LogP contribution is -2.47. The van der Waals surface area contributed by atoms with Crippen LogP contribution in [0.15, 0.2) is 18.3 Å². The monoisotopic (exact) mass is 426 g/mol. The molecule has 0 atom stereocenters. The van der Waals surface area contributed by atoms with Crippen molar-refractivity contribution in [3.05, 3.63) is 24.0 Å². The number of anilines is 1. The first-order valence-corrected chi connectivity index (χ1v) is 12.7. The number of piperidine rings is 3. The highest BCUT2D eigenvalue weighted by Crippen LogP contribution is 2.29. The third-order valence-corrected chi connectivity index (χ3v) is 7.87. The first kappa shape index (κ1) is 21.2. The van der Waals surface area contributed by atoms with Gasteiger partial charge >= 0.3 is 0 Å². The van der Waals surface area contributed by atoms with Gasteiger partial charge in [0.25, 0.3) is 5.91 Å². The summed E-state index contributed by atoms with van der Waals surface area (Å²) in [7, 11) is 0. The Kier molecular flexibility index (Phi) is 6.75. The van der Waals surface area contributed by atoms with Crippen molar-refractivity contribution in [1.82, 2.24) is 14.8 Å². The van der Waals surface area contributed by atoms with E-state index in [9.17, 15) is 4.79 Å². The van der Waals surface area contributed by atoms with Crippen LogP contribution in [0.1, 0.15) is 74.7 Å². The van der Waals surface area contributed by atoms with Crippen LogP contribution >= 0.6 is 0 Å². The Hall–Kier alpha value is -1.66. The van der Waals surface area contributed by atoms with Crippen LogP contribution in [0.5, 0.6) is 0 Å². The Labute approximate surface area is 186 Å². The molecule has 0 bridgehead atoms. The summed E-state index contributed by atoms with van der Waals surface area (Å²) >= 11 is 0. The zero-order valence-corrected chi connectivity index (χ0v) is 18.9. The molecule has 3 aliphatic heterocycles. The van der Waals surface area contributed by atoms with Gasteiger partial charge in [-0.25, -0.2) is 4.98 Å². The van der Waals surface area contributed by atoms with E-state index in [4.69, 9.17) is 4.74 Å². The van der Waals surface area contributed by atoms with E-state index in [2.05, 4.69) is 20.9 Å². The van der Waals surface area contributed by atoms with E-state index in [1.807, 2.05) is 17.2 Å². The molecule has 1 aromatic rings. The molecule has 0 radical (unpaired) electrons. The number of ether oxygens (including phenoxy) is 1. The van der Waals surface area contributed by atoms with Crippen LogP contribution < -0.4 is 4.90 Å². The number of hydrogen-bond donors (Lipinski definition) is 0. The fourth-order valence-corrected chi connectivity index (χ4v) is 5.61. The fraction of sp³-hybridized carbons (Fsp3) is 0.760. The maximum absolute atomic E-state index is 12.6. The van der Waals surface area contributed by atoms with Crippen LogP contribution in [-0.4, -0.2) is 78.2 Å². The topological polar surface area (TPSA) is 48.9 Å². The molecule has 4 fully saturated rings. The molecule has 0 aromatic carbocycles. The lowest BCUT2D eigenvalue weighted by Gasteiger charge is -2.43. The summed E-state index contributed by atoms with van der Waals surface area (Å²) < 4.78 is 6.49. The number of carbonyl (C=O) groups is 1. The Morgan fingerprint density at radius 1 is 0.806 bits per heavy atom. The van der Waals surface area contributed by atoms with Crippen molar-refractivity contribution < 1.29 is 9.53 Å². The van der Waals surface area contributed by atoms with Crippen LogP contribution in [0.3, 0.4) is 0 Å². The molecule has 31 heavy (non-hydrogen) atoms. The van der Waals surface area contributed by atoms with Crippen molar-refractivity contribution in [3.63, 3.8) is 0 Å². The minimum atomic E-state index is 0.0849. The number of rotatable bonds is 5. The molecule has 170 valence electrons. The van der Waals surface area contributed by atoms with Crippen molar-refractivity contribution in [2.75, 3.05) is 44.2 Å². The van der Waals surface area contributed by atoms with E-state index < -0.39 is 0 Å². The van der Waals surface area contributed by atoms with Gasteiger partial charge in [0.15, 0.2) is 0 Å². The van der Waals surface area contributed by atoms with Gasteiger partial charge in [-0.3, -0.25) is 4.79 Å². The second kappa shape index (κ2) is 9.86. The number of likely N-dealkylation sites (tertiary alicyclic amines) is 2. The molecule has 0 N–H and O–H groups in total. The van der Waals surface area contributed by atoms with Crippen LogP contribution in [0.2, 0.25) is 0 Å². The Bertz CT molecular complexity index is 714. The van der Waals surface area contributed by atoms with Crippen LogP contribution in [0, 0.1) is 0 Å². The molecule has 0 unspecified atom stereocenters. The summed E-state index contributed by atoms with van der Waals surface area (Å²) in [6.07, 6.45) is 15.0. The molecule has 0 spiro atoms. The second-order valence-electron chi connectivity index (χ2n) is 9.90. The maximum atomic E-state index is 12.6. The minimum absolute atomic E-state index is 0.0849. The average molecular weight is 427 g/mol. The normalized spacial score (nSPS) is 24.9. The van der Waals surface area contributed by atoms with Gasteiger partial charge < -0.3 is 19.4 Å². The summed E-state index contributed by atoms with van der Waals surface area (Å²) in [5, 5.41) is 0. The molecule has 6 heteroatoms. The number of pyridine rings is 1. The number of amides is 1. The molecule has 5 rings (SSSR count). The molecular weight excluding hydrogens is 388 g/mol. The van der Waals surface area contributed by atoms with E-state index in [1.54, 1.807) is 0 Å². The van der Waals surface area contributed by atoms with Crippen molar-refractivity contribution in [2.45, 2.75) is 82.5 Å². The van der Waals surface area contributed by atoms with Gasteiger partial charge in [-0.05, 0) is 69.9 Å². The highest BCUT2D eigenvalue weighted by molar-refractivity contribution is 5.92. The zero-order valence-electron chi connectivity index (χ0n) is 18.9. The van der Waals surface area contributed by atoms with E-state index in [0.717, 1.165) is 63.6 Å². The predicted octanol–water partition coefficient (Wildman–Crippen LogP) is 3.71. The zero-order chi connectivity index (χ0) is 21.0. The van der Waals surface area contributed by atoms with Gasteiger partial charge in [0.2, 0.25) is 0 Å². The van der Waals surface area contributed by atoms with Crippen molar-refractivity contribution in [2.24, 2.45) is 0 Å². The Morgan fingerprint density at radius 2 is 1.48 bits per heavy atom. The molecule has 1 saturated carbocycles. The number of carbonyl (C=O) groups excluding carboxylic acids is 1. The molecule has 4 heterocycles. The summed E-state index contributed by atoms with van der Waals surface area (Å²) in [5.74, 6) is 0.0849. The van der Waals surface area contributed by atoms with E-state index >= 15 is 0 Å². The van der Waals surface area contributed by atoms with Gasteiger partial charge in [-0.1, -0.05) is 6.42 Å². The highest BCUT2D eigenvalue weighted by atomic mass is 16.5. The largest absolute Gasteiger partial charge is 0.375 e. The molecule has 1 amide bonds.